The van der Waals surface area contributed by atoms with Crippen LogP contribution in [-0.2, 0) is 4.79 Å². The lowest BCUT2D eigenvalue weighted by atomic mass is 9.87. The minimum atomic E-state index is -0.812. The average molecular weight is 422 g/mol. The maximum atomic E-state index is 12.4. The third-order valence-corrected chi connectivity index (χ3v) is 6.62. The summed E-state index contributed by atoms with van der Waals surface area (Å²) in [6.45, 7) is 3.53. The number of nitrogens with one attached hydrogen (secondary N) is 2. The molecule has 0 aromatic heterocycles. The number of carboxylic acids is 1. The zero-order chi connectivity index (χ0) is 21.6. The summed E-state index contributed by atoms with van der Waals surface area (Å²) in [4.78, 5) is 25.9. The lowest BCUT2D eigenvalue weighted by Gasteiger charge is -2.28. The number of urea groups is 1. The van der Waals surface area contributed by atoms with Crippen molar-refractivity contribution in [3.63, 3.8) is 0 Å². The van der Waals surface area contributed by atoms with E-state index >= 15 is 0 Å². The molecule has 2 aliphatic rings. The molecule has 0 bridgehead atoms. The summed E-state index contributed by atoms with van der Waals surface area (Å²) >= 11 is 0. The van der Waals surface area contributed by atoms with Crippen molar-refractivity contribution < 1.29 is 14.7 Å². The molecule has 4 rings (SSSR count). The van der Waals surface area contributed by atoms with E-state index in [4.69, 9.17) is 0 Å². The van der Waals surface area contributed by atoms with Gasteiger partial charge in [0.1, 0.15) is 0 Å². The highest BCUT2D eigenvalue weighted by Crippen LogP contribution is 2.31. The fraction of sp³-hybridized carbons (Fsp3) is 0.440. The number of benzene rings is 2. The largest absolute Gasteiger partial charge is 0.481 e. The van der Waals surface area contributed by atoms with Crippen LogP contribution in [0.2, 0.25) is 0 Å². The molecule has 2 saturated heterocycles. The lowest BCUT2D eigenvalue weighted by molar-refractivity contribution is -0.137. The highest BCUT2D eigenvalue weighted by Gasteiger charge is 2.32. The van der Waals surface area contributed by atoms with E-state index in [1.54, 1.807) is 0 Å². The van der Waals surface area contributed by atoms with Crippen LogP contribution in [0.4, 0.5) is 4.79 Å². The molecule has 2 heterocycles. The topological polar surface area (TPSA) is 81.7 Å². The minimum absolute atomic E-state index is 0.0102. The molecule has 6 heteroatoms. The monoisotopic (exact) mass is 421 g/mol. The number of carbonyl (C=O) groups is 2. The van der Waals surface area contributed by atoms with Gasteiger partial charge in [0, 0.05) is 19.0 Å². The zero-order valence-corrected chi connectivity index (χ0v) is 17.8. The molecule has 0 aliphatic carbocycles. The van der Waals surface area contributed by atoms with Gasteiger partial charge in [-0.25, -0.2) is 4.79 Å². The summed E-state index contributed by atoms with van der Waals surface area (Å²) in [6, 6.07) is 17.9. The second-order valence-electron chi connectivity index (χ2n) is 8.61. The highest BCUT2D eigenvalue weighted by molar-refractivity contribution is 5.77. The maximum absolute atomic E-state index is 12.4. The fourth-order valence-corrected chi connectivity index (χ4v) is 4.82. The van der Waals surface area contributed by atoms with Crippen LogP contribution in [0, 0.1) is 5.92 Å². The highest BCUT2D eigenvalue weighted by atomic mass is 16.4. The van der Waals surface area contributed by atoms with E-state index in [9.17, 15) is 14.7 Å². The number of piperidine rings is 1. The molecule has 3 N–H and O–H groups in total. The first-order valence-electron chi connectivity index (χ1n) is 11.2. The van der Waals surface area contributed by atoms with Gasteiger partial charge < -0.3 is 20.6 Å². The molecular formula is C25H31N3O3. The Morgan fingerprint density at radius 1 is 1.03 bits per heavy atom. The smallest absolute Gasteiger partial charge is 0.318 e. The summed E-state index contributed by atoms with van der Waals surface area (Å²) < 4.78 is 0. The van der Waals surface area contributed by atoms with Crippen molar-refractivity contribution in [1.82, 2.24) is 15.5 Å². The molecule has 6 nitrogen and oxygen atoms in total. The third-order valence-electron chi connectivity index (χ3n) is 6.62. The van der Waals surface area contributed by atoms with Crippen molar-refractivity contribution in [3.8, 4) is 0 Å². The van der Waals surface area contributed by atoms with Gasteiger partial charge in [0.05, 0.1) is 12.5 Å². The summed E-state index contributed by atoms with van der Waals surface area (Å²) in [5, 5.41) is 15.8. The molecule has 31 heavy (non-hydrogen) atoms. The maximum Gasteiger partial charge on any atom is 0.318 e. The quantitative estimate of drug-likeness (QED) is 0.606. The number of carbonyl (C=O) groups excluding carboxylic acids is 1. The van der Waals surface area contributed by atoms with E-state index < -0.39 is 5.97 Å². The van der Waals surface area contributed by atoms with Crippen LogP contribution in [0.1, 0.15) is 54.3 Å². The first-order chi connectivity index (χ1) is 15.1. The molecule has 0 saturated carbocycles. The fourth-order valence-electron chi connectivity index (χ4n) is 4.82. The Morgan fingerprint density at radius 2 is 1.71 bits per heavy atom. The van der Waals surface area contributed by atoms with Crippen molar-refractivity contribution in [3.05, 3.63) is 71.3 Å². The van der Waals surface area contributed by atoms with Crippen molar-refractivity contribution in [2.75, 3.05) is 26.2 Å². The molecule has 2 atom stereocenters. The van der Waals surface area contributed by atoms with Gasteiger partial charge >= 0.3 is 12.0 Å². The third kappa shape index (κ3) is 5.25. The van der Waals surface area contributed by atoms with Crippen LogP contribution < -0.4 is 10.6 Å². The van der Waals surface area contributed by atoms with Gasteiger partial charge in [-0.15, -0.1) is 0 Å². The van der Waals surface area contributed by atoms with E-state index in [1.807, 2.05) is 47.4 Å². The first kappa shape index (κ1) is 21.4. The predicted molar refractivity (Wildman–Crippen MR) is 120 cm³/mol. The molecule has 2 unspecified atom stereocenters. The Balaban J connectivity index is 1.47. The second kappa shape index (κ2) is 9.96. The molecule has 2 amide bonds. The Bertz CT molecular complexity index is 879. The Morgan fingerprint density at radius 3 is 2.39 bits per heavy atom. The zero-order valence-electron chi connectivity index (χ0n) is 17.8. The minimum Gasteiger partial charge on any atom is -0.481 e. The molecule has 2 aliphatic heterocycles. The van der Waals surface area contributed by atoms with Crippen LogP contribution in [0.5, 0.6) is 0 Å². The van der Waals surface area contributed by atoms with Gasteiger partial charge in [-0.3, -0.25) is 4.79 Å². The van der Waals surface area contributed by atoms with Crippen LogP contribution in [0.3, 0.4) is 0 Å². The summed E-state index contributed by atoms with van der Waals surface area (Å²) in [6.07, 6.45) is 3.45. The van der Waals surface area contributed by atoms with Crippen LogP contribution in [0.25, 0.3) is 0 Å². The van der Waals surface area contributed by atoms with Crippen molar-refractivity contribution >= 4 is 12.0 Å². The molecule has 2 fully saturated rings. The van der Waals surface area contributed by atoms with E-state index in [-0.39, 0.29) is 24.4 Å². The van der Waals surface area contributed by atoms with Crippen LogP contribution in [0.15, 0.2) is 54.6 Å². The summed E-state index contributed by atoms with van der Waals surface area (Å²) in [5.41, 5.74) is 3.07. The van der Waals surface area contributed by atoms with E-state index in [0.29, 0.717) is 12.5 Å². The second-order valence-corrected chi connectivity index (χ2v) is 8.61. The number of amides is 2. The molecular weight excluding hydrogens is 390 g/mol. The number of hydrogen-bond donors (Lipinski definition) is 3. The van der Waals surface area contributed by atoms with Crippen LogP contribution >= 0.6 is 0 Å². The predicted octanol–water partition coefficient (Wildman–Crippen LogP) is 3.75. The Labute approximate surface area is 183 Å². The molecule has 0 radical (unpaired) electrons. The molecule has 2 aromatic carbocycles. The van der Waals surface area contributed by atoms with Gasteiger partial charge in [0.25, 0.3) is 0 Å². The average Bonchev–Trinajstić information content (AvgIpc) is 3.17. The number of hydrogen-bond acceptors (Lipinski definition) is 3. The van der Waals surface area contributed by atoms with Crippen molar-refractivity contribution in [2.45, 2.75) is 37.6 Å². The number of rotatable bonds is 8. The number of aliphatic carboxylic acids is 1. The Hall–Kier alpha value is -2.86. The van der Waals surface area contributed by atoms with Crippen LogP contribution in [-0.4, -0.2) is 48.2 Å². The van der Waals surface area contributed by atoms with Gasteiger partial charge in [-0.1, -0.05) is 54.6 Å². The number of nitrogens with zero attached hydrogens (tertiary/aromatic N) is 1. The molecule has 2 aromatic rings. The standard InChI is InChI=1S/C25H31N3O3/c29-24(30)16-22(19-4-2-1-3-5-19)20-6-8-21(9-7-20)23-17-27-25(31)28(23)15-12-18-10-13-26-14-11-18/h1-9,18,22-23,26H,10-17H2,(H,27,31)(H,29,30). The van der Waals surface area contributed by atoms with Gasteiger partial charge in [-0.05, 0) is 55.0 Å². The lowest BCUT2D eigenvalue weighted by Crippen LogP contribution is -2.34. The van der Waals surface area contributed by atoms with Crippen molar-refractivity contribution in [1.29, 1.82) is 0 Å². The summed E-state index contributed by atoms with van der Waals surface area (Å²) in [5.74, 6) is -0.319. The normalized spacial score (nSPS) is 20.5. The first-order valence-corrected chi connectivity index (χ1v) is 11.2. The molecule has 164 valence electrons. The van der Waals surface area contributed by atoms with Gasteiger partial charge in [0.2, 0.25) is 0 Å². The van der Waals surface area contributed by atoms with Gasteiger partial charge in [-0.2, -0.15) is 0 Å². The van der Waals surface area contributed by atoms with Crippen molar-refractivity contribution in [2.24, 2.45) is 5.92 Å². The SMILES string of the molecule is O=C(O)CC(c1ccccc1)c1ccc(C2CNC(=O)N2CCC2CCNCC2)cc1. The Kier molecular flexibility index (Phi) is 6.87. The summed E-state index contributed by atoms with van der Waals surface area (Å²) in [7, 11) is 0. The molecule has 0 spiro atoms. The van der Waals surface area contributed by atoms with E-state index in [1.165, 1.54) is 12.8 Å². The van der Waals surface area contributed by atoms with Gasteiger partial charge in [0.15, 0.2) is 0 Å². The van der Waals surface area contributed by atoms with E-state index in [2.05, 4.69) is 22.8 Å². The number of carboxylic acid groups (broad SMARTS) is 1. The van der Waals surface area contributed by atoms with E-state index in [0.717, 1.165) is 42.7 Å².